The third-order valence-electron chi connectivity index (χ3n) is 12.2. The zero-order chi connectivity index (χ0) is 39.6. The summed E-state index contributed by atoms with van der Waals surface area (Å²) in [4.78, 5) is 38.7. The number of hydrogen-bond donors (Lipinski definition) is 2. The van der Waals surface area contributed by atoms with E-state index in [0.717, 1.165) is 46.2 Å². The molecule has 300 valence electrons. The Kier molecular flexibility index (Phi) is 12.8. The minimum absolute atomic E-state index is 0.0491. The maximum absolute atomic E-state index is 13.0. The van der Waals surface area contributed by atoms with Gasteiger partial charge in [-0.1, -0.05) is 23.2 Å². The van der Waals surface area contributed by atoms with E-state index in [0.29, 0.717) is 106 Å². The lowest BCUT2D eigenvalue weighted by Crippen LogP contribution is -2.54. The number of nitrogens with one attached hydrogen (secondary N) is 1. The first-order valence-electron chi connectivity index (χ1n) is 19.7. The van der Waals surface area contributed by atoms with Crippen molar-refractivity contribution >= 4 is 46.4 Å². The van der Waals surface area contributed by atoms with E-state index in [4.69, 9.17) is 46.9 Å². The highest BCUT2D eigenvalue weighted by atomic mass is 35.5. The van der Waals surface area contributed by atoms with Gasteiger partial charge in [0.15, 0.2) is 11.6 Å². The first-order valence-corrected chi connectivity index (χ1v) is 20.4. The second-order valence-corrected chi connectivity index (χ2v) is 16.9. The van der Waals surface area contributed by atoms with E-state index in [2.05, 4.69) is 5.32 Å². The number of esters is 1. The van der Waals surface area contributed by atoms with Crippen LogP contribution in [0.15, 0.2) is 30.0 Å². The van der Waals surface area contributed by atoms with Crippen molar-refractivity contribution in [2.75, 3.05) is 33.0 Å². The molecule has 0 radical (unpaired) electrons. The van der Waals surface area contributed by atoms with Gasteiger partial charge in [-0.05, 0) is 131 Å². The molecule has 2 N–H and O–H groups in total. The van der Waals surface area contributed by atoms with Gasteiger partial charge < -0.3 is 34.1 Å². The number of ether oxygens (including phenoxy) is 5. The van der Waals surface area contributed by atoms with Gasteiger partial charge in [0, 0.05) is 48.6 Å². The van der Waals surface area contributed by atoms with Gasteiger partial charge in [-0.3, -0.25) is 14.4 Å². The summed E-state index contributed by atoms with van der Waals surface area (Å²) in [5.41, 5.74) is 4.39. The van der Waals surface area contributed by atoms with E-state index in [1.807, 2.05) is 52.0 Å². The minimum Gasteiger partial charge on any atom is -0.509 e. The van der Waals surface area contributed by atoms with E-state index in [1.54, 1.807) is 6.92 Å². The standard InChI is InChI=1S/C23H31ClO5.C20H24ClNO4/c1-4-27-21(26)22(6-8-23(9-7-22)28-10-5-11-29-23)15-19(25)14-20-16(2)12-18(24)13-17(20)3;1-12-10-14(21)11-13(2)15(12)16-17(23)19(22-18(16)24)4-6-20(7-5-19)25-8-3-9-26-20/h12-13H,4-11,14-15H2,1-3H3;10-11,23H,3-9H2,1-2H3,(H,22,24). The van der Waals surface area contributed by atoms with Gasteiger partial charge in [-0.25, -0.2) is 0 Å². The Hall–Kier alpha value is -2.99. The van der Waals surface area contributed by atoms with Gasteiger partial charge in [-0.15, -0.1) is 0 Å². The van der Waals surface area contributed by atoms with Crippen LogP contribution in [0.4, 0.5) is 0 Å². The van der Waals surface area contributed by atoms with E-state index >= 15 is 0 Å². The molecule has 0 unspecified atom stereocenters. The largest absolute Gasteiger partial charge is 0.509 e. The number of aryl methyl sites for hydroxylation is 4. The van der Waals surface area contributed by atoms with Gasteiger partial charge in [-0.2, -0.15) is 0 Å². The fraction of sp³-hybridized carbons (Fsp3) is 0.605. The van der Waals surface area contributed by atoms with Crippen LogP contribution in [0.1, 0.15) is 111 Å². The molecule has 10 nitrogen and oxygen atoms in total. The molecule has 2 saturated heterocycles. The van der Waals surface area contributed by atoms with Crippen LogP contribution in [0.3, 0.4) is 0 Å². The molecule has 3 heterocycles. The summed E-state index contributed by atoms with van der Waals surface area (Å²) >= 11 is 12.2. The highest BCUT2D eigenvalue weighted by Gasteiger charge is 2.53. The molecule has 55 heavy (non-hydrogen) atoms. The molecule has 12 heteroatoms. The molecule has 0 bridgehead atoms. The smallest absolute Gasteiger partial charge is 0.312 e. The Morgan fingerprint density at radius 3 is 1.67 bits per heavy atom. The third-order valence-corrected chi connectivity index (χ3v) is 12.6. The Morgan fingerprint density at radius 2 is 1.20 bits per heavy atom. The predicted molar refractivity (Wildman–Crippen MR) is 210 cm³/mol. The summed E-state index contributed by atoms with van der Waals surface area (Å²) in [6.07, 6.45) is 7.09. The number of hydrogen-bond acceptors (Lipinski definition) is 9. The number of carbonyl (C=O) groups excluding carboxylic acids is 3. The number of halogens is 2. The van der Waals surface area contributed by atoms with Crippen molar-refractivity contribution in [1.82, 2.24) is 5.32 Å². The van der Waals surface area contributed by atoms with Gasteiger partial charge >= 0.3 is 5.97 Å². The van der Waals surface area contributed by atoms with Crippen LogP contribution in [-0.4, -0.2) is 72.9 Å². The van der Waals surface area contributed by atoms with Gasteiger partial charge in [0.1, 0.15) is 11.5 Å². The number of aliphatic hydroxyl groups excluding tert-OH is 1. The lowest BCUT2D eigenvalue weighted by molar-refractivity contribution is -0.287. The molecule has 4 fully saturated rings. The van der Waals surface area contributed by atoms with Crippen molar-refractivity contribution < 1.29 is 43.2 Å². The Balaban J connectivity index is 0.000000188. The summed E-state index contributed by atoms with van der Waals surface area (Å²) in [5, 5.41) is 15.4. The van der Waals surface area contributed by atoms with Gasteiger partial charge in [0.05, 0.1) is 49.6 Å². The molecule has 3 spiro atoms. The summed E-state index contributed by atoms with van der Waals surface area (Å²) < 4.78 is 29.0. The molecule has 0 aromatic heterocycles. The predicted octanol–water partition coefficient (Wildman–Crippen LogP) is 8.52. The van der Waals surface area contributed by atoms with Crippen LogP contribution < -0.4 is 5.32 Å². The van der Waals surface area contributed by atoms with Crippen molar-refractivity contribution in [3.63, 3.8) is 0 Å². The normalized spacial score (nSPS) is 22.3. The number of amides is 1. The molecule has 5 aliphatic rings. The van der Waals surface area contributed by atoms with Crippen molar-refractivity contribution in [3.05, 3.63) is 73.5 Å². The van der Waals surface area contributed by atoms with Crippen LogP contribution in [0.5, 0.6) is 0 Å². The molecule has 7 rings (SSSR count). The summed E-state index contributed by atoms with van der Waals surface area (Å²) in [5.74, 6) is -1.46. The van der Waals surface area contributed by atoms with Crippen LogP contribution in [0, 0.1) is 33.1 Å². The molecule has 2 aromatic carbocycles. The SMILES string of the molecule is CCOC(=O)C1(CC(=O)Cc2c(C)cc(Cl)cc2C)CCC2(CC1)OCCCO2.Cc1cc(Cl)cc(C)c1C1=C(O)C2(CCC3(CC2)OCCCO3)NC1=O. The Labute approximate surface area is 334 Å². The Bertz CT molecular complexity index is 1760. The molecule has 2 saturated carbocycles. The van der Waals surface area contributed by atoms with E-state index in [9.17, 15) is 19.5 Å². The highest BCUT2D eigenvalue weighted by Crippen LogP contribution is 2.49. The number of carbonyl (C=O) groups is 3. The summed E-state index contributed by atoms with van der Waals surface area (Å²) in [7, 11) is 0. The van der Waals surface area contributed by atoms with E-state index < -0.39 is 22.5 Å². The quantitative estimate of drug-likeness (QED) is 0.265. The highest BCUT2D eigenvalue weighted by molar-refractivity contribution is 6.31. The number of benzene rings is 2. The average Bonchev–Trinajstić information content (AvgIpc) is 3.38. The molecular weight excluding hydrogens is 745 g/mol. The number of ketones is 1. The number of aliphatic hydroxyl groups is 1. The van der Waals surface area contributed by atoms with Crippen LogP contribution in [-0.2, 0) is 44.5 Å². The topological polar surface area (TPSA) is 130 Å². The third kappa shape index (κ3) is 8.80. The maximum atomic E-state index is 13.0. The van der Waals surface area contributed by atoms with E-state index in [-0.39, 0.29) is 29.8 Å². The first kappa shape index (κ1) is 41.6. The minimum atomic E-state index is -0.795. The van der Waals surface area contributed by atoms with E-state index in [1.165, 1.54) is 0 Å². The van der Waals surface area contributed by atoms with Crippen LogP contribution in [0.2, 0.25) is 10.0 Å². The van der Waals surface area contributed by atoms with Crippen molar-refractivity contribution in [2.45, 2.75) is 129 Å². The van der Waals surface area contributed by atoms with Crippen molar-refractivity contribution in [2.24, 2.45) is 5.41 Å². The molecule has 0 atom stereocenters. The molecule has 1 amide bonds. The molecule has 2 aromatic rings. The Morgan fingerprint density at radius 1 is 0.745 bits per heavy atom. The monoisotopic (exact) mass is 799 g/mol. The maximum Gasteiger partial charge on any atom is 0.312 e. The summed E-state index contributed by atoms with van der Waals surface area (Å²) in [6, 6.07) is 7.39. The van der Waals surface area contributed by atoms with Crippen LogP contribution >= 0.6 is 23.2 Å². The van der Waals surface area contributed by atoms with Crippen molar-refractivity contribution in [3.8, 4) is 0 Å². The van der Waals surface area contributed by atoms with Crippen molar-refractivity contribution in [1.29, 1.82) is 0 Å². The second-order valence-electron chi connectivity index (χ2n) is 16.0. The zero-order valence-electron chi connectivity index (χ0n) is 32.8. The van der Waals surface area contributed by atoms with Gasteiger partial charge in [0.2, 0.25) is 0 Å². The lowest BCUT2D eigenvalue weighted by Gasteiger charge is -2.46. The molecular formula is C43H55Cl2NO9. The zero-order valence-corrected chi connectivity index (χ0v) is 34.3. The van der Waals surface area contributed by atoms with Crippen LogP contribution in [0.25, 0.3) is 5.57 Å². The summed E-state index contributed by atoms with van der Waals surface area (Å²) in [6.45, 7) is 12.6. The fourth-order valence-corrected chi connectivity index (χ4v) is 9.81. The lowest BCUT2D eigenvalue weighted by atomic mass is 9.68. The number of rotatable bonds is 7. The molecule has 3 aliphatic heterocycles. The molecule has 2 aliphatic carbocycles. The fourth-order valence-electron chi connectivity index (χ4n) is 9.16. The average molecular weight is 801 g/mol. The van der Waals surface area contributed by atoms with Gasteiger partial charge in [0.25, 0.3) is 5.91 Å². The number of Topliss-reactive ketones (excluding diaryl/α,β-unsaturated/α-hetero) is 1. The second kappa shape index (κ2) is 16.9. The first-order chi connectivity index (χ1) is 26.1.